The molecule has 1 atom stereocenters. The summed E-state index contributed by atoms with van der Waals surface area (Å²) in [5.74, 6) is -2.24. The lowest BCUT2D eigenvalue weighted by atomic mass is 9.99. The van der Waals surface area contributed by atoms with Crippen LogP contribution in [0.15, 0.2) is 18.2 Å². The van der Waals surface area contributed by atoms with Gasteiger partial charge in [-0.3, -0.25) is 4.79 Å². The molecule has 1 saturated heterocycles. The van der Waals surface area contributed by atoms with Crippen molar-refractivity contribution in [1.29, 1.82) is 5.26 Å². The highest BCUT2D eigenvalue weighted by Gasteiger charge is 2.28. The van der Waals surface area contributed by atoms with Crippen molar-refractivity contribution in [2.45, 2.75) is 12.8 Å². The first-order chi connectivity index (χ1) is 10.0. The zero-order valence-electron chi connectivity index (χ0n) is 11.2. The Morgan fingerprint density at radius 3 is 2.90 bits per heavy atom. The maximum atomic E-state index is 13.4. The molecule has 1 aliphatic rings. The maximum absolute atomic E-state index is 13.4. The summed E-state index contributed by atoms with van der Waals surface area (Å²) >= 11 is 0. The van der Waals surface area contributed by atoms with Gasteiger partial charge in [-0.15, -0.1) is 0 Å². The van der Waals surface area contributed by atoms with Crippen molar-refractivity contribution in [3.63, 3.8) is 0 Å². The number of urea groups is 1. The monoisotopic (exact) mass is 291 g/mol. The zero-order chi connectivity index (χ0) is 15.4. The van der Waals surface area contributed by atoms with E-state index in [1.165, 1.54) is 17.0 Å². The van der Waals surface area contributed by atoms with E-state index in [1.54, 1.807) is 6.07 Å². The number of piperidine rings is 1. The Bertz CT molecular complexity index is 612. The van der Waals surface area contributed by atoms with E-state index in [1.807, 2.05) is 0 Å². The molecule has 1 aromatic carbocycles. The summed E-state index contributed by atoms with van der Waals surface area (Å²) < 4.78 is 13.4. The van der Waals surface area contributed by atoms with Crippen LogP contribution in [-0.2, 0) is 4.79 Å². The topological polar surface area (TPSA) is 93.4 Å². The van der Waals surface area contributed by atoms with Crippen LogP contribution >= 0.6 is 0 Å². The number of carboxylic acids is 1. The van der Waals surface area contributed by atoms with Crippen LogP contribution in [-0.4, -0.2) is 35.1 Å². The van der Waals surface area contributed by atoms with Gasteiger partial charge in [-0.05, 0) is 25.0 Å². The molecule has 0 bridgehead atoms. The Hall–Kier alpha value is -2.62. The first-order valence-corrected chi connectivity index (χ1v) is 6.50. The van der Waals surface area contributed by atoms with Gasteiger partial charge >= 0.3 is 12.0 Å². The van der Waals surface area contributed by atoms with Crippen molar-refractivity contribution in [2.75, 3.05) is 18.4 Å². The summed E-state index contributed by atoms with van der Waals surface area (Å²) in [6.45, 7) is 0.547. The Morgan fingerprint density at radius 1 is 1.48 bits per heavy atom. The highest BCUT2D eigenvalue weighted by molar-refractivity contribution is 5.91. The third kappa shape index (κ3) is 3.28. The second-order valence-corrected chi connectivity index (χ2v) is 4.83. The van der Waals surface area contributed by atoms with Gasteiger partial charge in [0.1, 0.15) is 17.4 Å². The number of carboxylic acid groups (broad SMARTS) is 1. The van der Waals surface area contributed by atoms with Crippen LogP contribution in [0.2, 0.25) is 0 Å². The van der Waals surface area contributed by atoms with E-state index < -0.39 is 23.7 Å². The van der Waals surface area contributed by atoms with Gasteiger partial charge in [-0.25, -0.2) is 9.18 Å². The number of halogens is 1. The van der Waals surface area contributed by atoms with Crippen molar-refractivity contribution in [2.24, 2.45) is 5.92 Å². The molecule has 2 N–H and O–H groups in total. The summed E-state index contributed by atoms with van der Waals surface area (Å²) in [6.07, 6.45) is 1.13. The normalized spacial score (nSPS) is 17.9. The molecule has 7 heteroatoms. The SMILES string of the molecule is N#Cc1c(F)cccc1NC(=O)N1CCC[C@H](C(=O)O)C1. The van der Waals surface area contributed by atoms with Crippen LogP contribution < -0.4 is 5.32 Å². The standard InChI is InChI=1S/C14H14FN3O3/c15-11-4-1-5-12(10(11)7-16)17-14(21)18-6-2-3-9(8-18)13(19)20/h1,4-5,9H,2-3,6,8H2,(H,17,21)(H,19,20)/t9-/m0/s1. The predicted octanol–water partition coefficient (Wildman–Crippen LogP) is 2.03. The lowest BCUT2D eigenvalue weighted by Crippen LogP contribution is -2.44. The number of carbonyl (C=O) groups is 2. The van der Waals surface area contributed by atoms with Crippen molar-refractivity contribution < 1.29 is 19.1 Å². The molecule has 1 aliphatic heterocycles. The Labute approximate surface area is 120 Å². The van der Waals surface area contributed by atoms with E-state index in [0.29, 0.717) is 19.4 Å². The minimum atomic E-state index is -0.934. The third-order valence-electron chi connectivity index (χ3n) is 3.42. The smallest absolute Gasteiger partial charge is 0.321 e. The van der Waals surface area contributed by atoms with Gasteiger partial charge in [-0.2, -0.15) is 5.26 Å². The molecule has 1 aromatic rings. The predicted molar refractivity (Wildman–Crippen MR) is 72.1 cm³/mol. The van der Waals surface area contributed by atoms with Gasteiger partial charge in [-0.1, -0.05) is 6.07 Å². The molecular weight excluding hydrogens is 277 g/mol. The molecule has 110 valence electrons. The van der Waals surface area contributed by atoms with E-state index in [2.05, 4.69) is 5.32 Å². The Balaban J connectivity index is 2.10. The van der Waals surface area contributed by atoms with Crippen molar-refractivity contribution >= 4 is 17.7 Å². The number of anilines is 1. The van der Waals surface area contributed by atoms with E-state index >= 15 is 0 Å². The number of aliphatic carboxylic acids is 1. The molecule has 0 radical (unpaired) electrons. The van der Waals surface area contributed by atoms with E-state index in [4.69, 9.17) is 10.4 Å². The molecular formula is C14H14FN3O3. The molecule has 2 amide bonds. The Kier molecular flexibility index (Phi) is 4.38. The molecule has 2 rings (SSSR count). The van der Waals surface area contributed by atoms with Gasteiger partial charge in [0.05, 0.1) is 11.6 Å². The average molecular weight is 291 g/mol. The van der Waals surface area contributed by atoms with Gasteiger partial charge in [0.25, 0.3) is 0 Å². The number of nitrogens with one attached hydrogen (secondary N) is 1. The highest BCUT2D eigenvalue weighted by Crippen LogP contribution is 2.21. The number of nitrogens with zero attached hydrogens (tertiary/aromatic N) is 2. The summed E-state index contributed by atoms with van der Waals surface area (Å²) in [6, 6.07) is 5.13. The fraction of sp³-hybridized carbons (Fsp3) is 0.357. The third-order valence-corrected chi connectivity index (χ3v) is 3.42. The highest BCUT2D eigenvalue weighted by atomic mass is 19.1. The first kappa shape index (κ1) is 14.8. The molecule has 1 fully saturated rings. The van der Waals surface area contributed by atoms with E-state index in [0.717, 1.165) is 6.07 Å². The van der Waals surface area contributed by atoms with Crippen molar-refractivity contribution in [3.05, 3.63) is 29.6 Å². The minimum absolute atomic E-state index is 0.0833. The molecule has 0 spiro atoms. The van der Waals surface area contributed by atoms with Crippen LogP contribution in [0.25, 0.3) is 0 Å². The molecule has 21 heavy (non-hydrogen) atoms. The van der Waals surface area contributed by atoms with E-state index in [-0.39, 0.29) is 17.8 Å². The van der Waals surface area contributed by atoms with Crippen LogP contribution in [0, 0.1) is 23.1 Å². The molecule has 1 heterocycles. The van der Waals surface area contributed by atoms with Gasteiger partial charge in [0, 0.05) is 13.1 Å². The number of amides is 2. The molecule has 0 saturated carbocycles. The van der Waals surface area contributed by atoms with Crippen molar-refractivity contribution in [1.82, 2.24) is 4.90 Å². The molecule has 6 nitrogen and oxygen atoms in total. The molecule has 0 aliphatic carbocycles. The molecule has 0 aromatic heterocycles. The number of likely N-dealkylation sites (tertiary alicyclic amines) is 1. The summed E-state index contributed by atoms with van der Waals surface area (Å²) in [5.41, 5.74) is -0.155. The van der Waals surface area contributed by atoms with Crippen LogP contribution in [0.1, 0.15) is 18.4 Å². The average Bonchev–Trinajstić information content (AvgIpc) is 2.47. The number of benzene rings is 1. The van der Waals surface area contributed by atoms with E-state index in [9.17, 15) is 14.0 Å². The largest absolute Gasteiger partial charge is 0.481 e. The van der Waals surface area contributed by atoms with Crippen LogP contribution in [0.3, 0.4) is 0 Å². The zero-order valence-corrected chi connectivity index (χ0v) is 11.2. The summed E-state index contributed by atoms with van der Waals surface area (Å²) in [7, 11) is 0. The summed E-state index contributed by atoms with van der Waals surface area (Å²) in [5, 5.41) is 20.4. The lowest BCUT2D eigenvalue weighted by Gasteiger charge is -2.30. The fourth-order valence-corrected chi connectivity index (χ4v) is 2.30. The van der Waals surface area contributed by atoms with Gasteiger partial charge in [0.15, 0.2) is 0 Å². The number of hydrogen-bond acceptors (Lipinski definition) is 3. The second-order valence-electron chi connectivity index (χ2n) is 4.83. The van der Waals surface area contributed by atoms with Crippen LogP contribution in [0.4, 0.5) is 14.9 Å². The number of hydrogen-bond donors (Lipinski definition) is 2. The lowest BCUT2D eigenvalue weighted by molar-refractivity contribution is -0.143. The van der Waals surface area contributed by atoms with Crippen molar-refractivity contribution in [3.8, 4) is 6.07 Å². The maximum Gasteiger partial charge on any atom is 0.321 e. The molecule has 0 unspecified atom stereocenters. The van der Waals surface area contributed by atoms with Gasteiger partial charge in [0.2, 0.25) is 0 Å². The number of carbonyl (C=O) groups excluding carboxylic acids is 1. The van der Waals surface area contributed by atoms with Crippen LogP contribution in [0.5, 0.6) is 0 Å². The quantitative estimate of drug-likeness (QED) is 0.871. The fourth-order valence-electron chi connectivity index (χ4n) is 2.30. The Morgan fingerprint density at radius 2 is 2.24 bits per heavy atom. The first-order valence-electron chi connectivity index (χ1n) is 6.50. The minimum Gasteiger partial charge on any atom is -0.481 e. The number of rotatable bonds is 2. The second kappa shape index (κ2) is 6.22. The number of nitriles is 1. The van der Waals surface area contributed by atoms with Gasteiger partial charge < -0.3 is 15.3 Å². The summed E-state index contributed by atoms with van der Waals surface area (Å²) in [4.78, 5) is 24.4.